The van der Waals surface area contributed by atoms with Gasteiger partial charge in [0.2, 0.25) is 0 Å². The van der Waals surface area contributed by atoms with Gasteiger partial charge in [-0.3, -0.25) is 9.69 Å². The molecule has 1 aliphatic rings. The Bertz CT molecular complexity index is 511. The Labute approximate surface area is 130 Å². The minimum Gasteiger partial charge on any atom is -0.409 e. The summed E-state index contributed by atoms with van der Waals surface area (Å²) >= 11 is 4.81. The summed E-state index contributed by atoms with van der Waals surface area (Å²) in [4.78, 5) is 17.0. The second-order valence-corrected chi connectivity index (χ2v) is 7.10. The van der Waals surface area contributed by atoms with Crippen LogP contribution >= 0.6 is 27.3 Å². The van der Waals surface area contributed by atoms with Crippen LogP contribution in [0.25, 0.3) is 0 Å². The number of thiophene rings is 1. The number of nitrogens with zero attached hydrogens (tertiary/aromatic N) is 3. The van der Waals surface area contributed by atoms with Crippen LogP contribution in [0, 0.1) is 0 Å². The first-order valence-corrected chi connectivity index (χ1v) is 7.90. The van der Waals surface area contributed by atoms with Gasteiger partial charge in [-0.2, -0.15) is 0 Å². The highest BCUT2D eigenvalue weighted by Gasteiger charge is 2.26. The van der Waals surface area contributed by atoms with Crippen molar-refractivity contribution in [1.82, 2.24) is 9.80 Å². The van der Waals surface area contributed by atoms with E-state index in [1.165, 1.54) is 11.3 Å². The van der Waals surface area contributed by atoms with Gasteiger partial charge in [-0.1, -0.05) is 5.16 Å². The maximum atomic E-state index is 12.3. The number of amidine groups is 1. The van der Waals surface area contributed by atoms with Crippen LogP contribution < -0.4 is 5.73 Å². The number of nitrogens with two attached hydrogens (primary N) is 1. The van der Waals surface area contributed by atoms with Crippen molar-refractivity contribution in [3.8, 4) is 0 Å². The van der Waals surface area contributed by atoms with Crippen LogP contribution in [0.15, 0.2) is 21.1 Å². The predicted octanol–water partition coefficient (Wildman–Crippen LogP) is 1.40. The first-order chi connectivity index (χ1) is 9.52. The normalized spacial score (nSPS) is 19.1. The van der Waals surface area contributed by atoms with Gasteiger partial charge >= 0.3 is 0 Å². The Balaban J connectivity index is 1.93. The molecule has 1 aromatic heterocycles. The summed E-state index contributed by atoms with van der Waals surface area (Å²) in [5, 5.41) is 11.7. The first-order valence-electron chi connectivity index (χ1n) is 6.29. The van der Waals surface area contributed by atoms with Gasteiger partial charge in [0.15, 0.2) is 5.84 Å². The molecule has 2 heterocycles. The van der Waals surface area contributed by atoms with E-state index in [-0.39, 0.29) is 17.8 Å². The van der Waals surface area contributed by atoms with Crippen LogP contribution in [-0.4, -0.2) is 59.0 Å². The first kappa shape index (κ1) is 15.3. The van der Waals surface area contributed by atoms with Crippen molar-refractivity contribution < 1.29 is 10.0 Å². The monoisotopic (exact) mass is 360 g/mol. The molecule has 8 heteroatoms. The minimum atomic E-state index is -0.117. The molecule has 0 spiro atoms. The molecule has 1 aliphatic heterocycles. The van der Waals surface area contributed by atoms with Crippen molar-refractivity contribution in [3.63, 3.8) is 0 Å². The molecule has 6 nitrogen and oxygen atoms in total. The molecule has 0 aliphatic carbocycles. The van der Waals surface area contributed by atoms with E-state index in [9.17, 15) is 4.79 Å². The van der Waals surface area contributed by atoms with E-state index in [1.54, 1.807) is 0 Å². The molecule has 1 fully saturated rings. The van der Waals surface area contributed by atoms with Crippen molar-refractivity contribution in [2.45, 2.75) is 13.0 Å². The van der Waals surface area contributed by atoms with E-state index in [4.69, 9.17) is 10.9 Å². The van der Waals surface area contributed by atoms with Gasteiger partial charge in [-0.25, -0.2) is 0 Å². The fourth-order valence-electron chi connectivity index (χ4n) is 2.17. The lowest BCUT2D eigenvalue weighted by atomic mass is 10.2. The number of hydrogen-bond donors (Lipinski definition) is 2. The Morgan fingerprint density at radius 2 is 2.10 bits per heavy atom. The zero-order valence-corrected chi connectivity index (χ0v) is 13.5. The standard InChI is InChI=1S/C12H17BrN4O2S/c1-8(11(14)15-19)16-4-6-17(7-5-16)12(18)9-2-3-10(13)20-9/h2-3,8,19H,4-7H2,1H3,(H2,14,15). The lowest BCUT2D eigenvalue weighted by molar-refractivity contribution is 0.0623. The maximum absolute atomic E-state index is 12.3. The van der Waals surface area contributed by atoms with Crippen LogP contribution in [0.1, 0.15) is 16.6 Å². The smallest absolute Gasteiger partial charge is 0.264 e. The number of halogens is 1. The van der Waals surface area contributed by atoms with Gasteiger partial charge in [-0.05, 0) is 35.0 Å². The molecule has 1 atom stereocenters. The summed E-state index contributed by atoms with van der Waals surface area (Å²) in [5.74, 6) is 0.267. The van der Waals surface area contributed by atoms with Crippen molar-refractivity contribution in [2.24, 2.45) is 10.9 Å². The second kappa shape index (κ2) is 6.55. The Morgan fingerprint density at radius 3 is 2.60 bits per heavy atom. The van der Waals surface area contributed by atoms with E-state index in [0.717, 1.165) is 21.8 Å². The maximum Gasteiger partial charge on any atom is 0.264 e. The van der Waals surface area contributed by atoms with Gasteiger partial charge in [0.1, 0.15) is 0 Å². The zero-order valence-electron chi connectivity index (χ0n) is 11.1. The fourth-order valence-corrected chi connectivity index (χ4v) is 3.52. The van der Waals surface area contributed by atoms with Crippen LogP contribution in [0.2, 0.25) is 0 Å². The quantitative estimate of drug-likeness (QED) is 0.369. The minimum absolute atomic E-state index is 0.0665. The van der Waals surface area contributed by atoms with Crippen LogP contribution in [0.4, 0.5) is 0 Å². The van der Waals surface area contributed by atoms with Gasteiger partial charge in [0.05, 0.1) is 14.7 Å². The van der Waals surface area contributed by atoms with Crippen molar-refractivity contribution in [3.05, 3.63) is 20.8 Å². The summed E-state index contributed by atoms with van der Waals surface area (Å²) in [7, 11) is 0. The van der Waals surface area contributed by atoms with Crippen molar-refractivity contribution >= 4 is 39.0 Å². The van der Waals surface area contributed by atoms with E-state index < -0.39 is 0 Å². The summed E-state index contributed by atoms with van der Waals surface area (Å²) in [6.45, 7) is 4.63. The highest BCUT2D eigenvalue weighted by molar-refractivity contribution is 9.11. The largest absolute Gasteiger partial charge is 0.409 e. The molecule has 110 valence electrons. The number of carbonyl (C=O) groups is 1. The Morgan fingerprint density at radius 1 is 1.45 bits per heavy atom. The van der Waals surface area contributed by atoms with Crippen molar-refractivity contribution in [2.75, 3.05) is 26.2 Å². The highest BCUT2D eigenvalue weighted by atomic mass is 79.9. The molecule has 0 bridgehead atoms. The summed E-state index contributed by atoms with van der Waals surface area (Å²) < 4.78 is 0.958. The average molecular weight is 361 g/mol. The third-order valence-corrected chi connectivity index (χ3v) is 5.09. The fraction of sp³-hybridized carbons (Fsp3) is 0.500. The number of rotatable bonds is 3. The molecule has 0 aromatic carbocycles. The van der Waals surface area contributed by atoms with E-state index >= 15 is 0 Å². The molecule has 1 saturated heterocycles. The highest BCUT2D eigenvalue weighted by Crippen LogP contribution is 2.23. The van der Waals surface area contributed by atoms with Crippen LogP contribution in [-0.2, 0) is 0 Å². The van der Waals surface area contributed by atoms with E-state index in [1.807, 2.05) is 24.0 Å². The molecule has 1 aromatic rings. The number of piperazine rings is 1. The summed E-state index contributed by atoms with van der Waals surface area (Å²) in [6.07, 6.45) is 0. The van der Waals surface area contributed by atoms with Gasteiger partial charge in [0, 0.05) is 26.2 Å². The molecule has 0 saturated carbocycles. The van der Waals surface area contributed by atoms with Crippen LogP contribution in [0.5, 0.6) is 0 Å². The lowest BCUT2D eigenvalue weighted by Gasteiger charge is -2.37. The third kappa shape index (κ3) is 3.31. The molecular weight excluding hydrogens is 344 g/mol. The third-order valence-electron chi connectivity index (χ3n) is 3.48. The van der Waals surface area contributed by atoms with Crippen LogP contribution in [0.3, 0.4) is 0 Å². The Kier molecular flexibility index (Phi) is 5.00. The lowest BCUT2D eigenvalue weighted by Crippen LogP contribution is -2.54. The molecule has 2 rings (SSSR count). The molecular formula is C12H17BrN4O2S. The van der Waals surface area contributed by atoms with Gasteiger partial charge in [-0.15, -0.1) is 11.3 Å². The summed E-state index contributed by atoms with van der Waals surface area (Å²) in [6, 6.07) is 3.60. The van der Waals surface area contributed by atoms with E-state index in [2.05, 4.69) is 26.0 Å². The number of amides is 1. The molecule has 1 unspecified atom stereocenters. The molecule has 1 amide bonds. The van der Waals surface area contributed by atoms with E-state index in [0.29, 0.717) is 13.1 Å². The average Bonchev–Trinajstić information content (AvgIpc) is 2.91. The molecule has 20 heavy (non-hydrogen) atoms. The molecule has 0 radical (unpaired) electrons. The topological polar surface area (TPSA) is 82.2 Å². The van der Waals surface area contributed by atoms with Gasteiger partial charge in [0.25, 0.3) is 5.91 Å². The number of oxime groups is 1. The number of hydrogen-bond acceptors (Lipinski definition) is 5. The predicted molar refractivity (Wildman–Crippen MR) is 82.4 cm³/mol. The van der Waals surface area contributed by atoms with Gasteiger partial charge < -0.3 is 15.8 Å². The SMILES string of the molecule is CC(C(N)=NO)N1CCN(C(=O)c2ccc(Br)s2)CC1. The summed E-state index contributed by atoms with van der Waals surface area (Å²) in [5.41, 5.74) is 5.61. The Hall–Kier alpha value is -1.12. The molecule has 3 N–H and O–H groups in total. The second-order valence-electron chi connectivity index (χ2n) is 4.63. The number of carbonyl (C=O) groups excluding carboxylic acids is 1. The zero-order chi connectivity index (χ0) is 14.7. The van der Waals surface area contributed by atoms with Crippen molar-refractivity contribution in [1.29, 1.82) is 0 Å².